The lowest BCUT2D eigenvalue weighted by Crippen LogP contribution is -2.17. The average molecular weight is 279 g/mol. The van der Waals surface area contributed by atoms with Crippen LogP contribution < -0.4 is 5.73 Å². The lowest BCUT2D eigenvalue weighted by Gasteiger charge is -2.10. The summed E-state index contributed by atoms with van der Waals surface area (Å²) in [7, 11) is 0. The minimum Gasteiger partial charge on any atom is -0.506 e. The number of nitrogens with two attached hydrogens (primary N) is 1. The Balaban J connectivity index is 1.87. The van der Waals surface area contributed by atoms with E-state index in [-0.39, 0.29) is 28.5 Å². The molecular formula is C11H10FN5O3. The van der Waals surface area contributed by atoms with Gasteiger partial charge in [-0.2, -0.15) is 14.4 Å². The maximum Gasteiger partial charge on any atom is 0.312 e. The van der Waals surface area contributed by atoms with Gasteiger partial charge in [-0.1, -0.05) is 0 Å². The van der Waals surface area contributed by atoms with Crippen molar-refractivity contribution in [3.63, 3.8) is 0 Å². The molecule has 4 N–H and O–H groups in total. The number of rotatable bonds is 1. The highest BCUT2D eigenvalue weighted by atomic mass is 19.1. The molecule has 104 valence electrons. The summed E-state index contributed by atoms with van der Waals surface area (Å²) in [5.74, 6) is -0.0312. The van der Waals surface area contributed by atoms with E-state index in [1.165, 1.54) is 10.9 Å². The first-order valence-electron chi connectivity index (χ1n) is 5.89. The van der Waals surface area contributed by atoms with Crippen LogP contribution in [0.5, 0.6) is 0 Å². The fourth-order valence-electron chi connectivity index (χ4n) is 2.76. The van der Waals surface area contributed by atoms with Crippen LogP contribution in [-0.2, 0) is 4.74 Å². The lowest BCUT2D eigenvalue weighted by molar-refractivity contribution is 0.104. The number of fused-ring (bicyclic) bond motifs is 2. The molecule has 0 bridgehead atoms. The Morgan fingerprint density at radius 3 is 2.90 bits per heavy atom. The third kappa shape index (κ3) is 1.11. The van der Waals surface area contributed by atoms with Gasteiger partial charge in [0.2, 0.25) is 0 Å². The molecule has 20 heavy (non-hydrogen) atoms. The fourth-order valence-corrected chi connectivity index (χ4v) is 2.76. The summed E-state index contributed by atoms with van der Waals surface area (Å²) in [5, 5.41) is 20.2. The highest BCUT2D eigenvalue weighted by Crippen LogP contribution is 2.60. The van der Waals surface area contributed by atoms with Gasteiger partial charge in [0.25, 0.3) is 0 Å². The molecule has 1 fully saturated rings. The molecule has 1 aliphatic carbocycles. The Hall–Kier alpha value is -2.42. The molecule has 2 unspecified atom stereocenters. The van der Waals surface area contributed by atoms with Crippen LogP contribution in [0.2, 0.25) is 0 Å². The minimum atomic E-state index is -1.52. The molecule has 0 amide bonds. The van der Waals surface area contributed by atoms with E-state index in [1.54, 1.807) is 6.92 Å². The van der Waals surface area contributed by atoms with Crippen molar-refractivity contribution < 1.29 is 19.3 Å². The molecular weight excluding hydrogens is 269 g/mol. The molecule has 2 aromatic rings. The van der Waals surface area contributed by atoms with Crippen LogP contribution in [0.1, 0.15) is 13.0 Å². The molecule has 4 rings (SSSR count). The number of ether oxygens (including phenoxy) is 1. The van der Waals surface area contributed by atoms with Crippen molar-refractivity contribution in [2.24, 2.45) is 0 Å². The molecule has 9 heteroatoms. The summed E-state index contributed by atoms with van der Waals surface area (Å²) in [6.07, 6.45) is -0.257. The molecule has 2 aliphatic rings. The van der Waals surface area contributed by atoms with Gasteiger partial charge in [-0.25, -0.2) is 4.98 Å². The quantitative estimate of drug-likeness (QED) is 0.629. The van der Waals surface area contributed by atoms with Crippen molar-refractivity contribution in [3.8, 4) is 0 Å². The Morgan fingerprint density at radius 1 is 1.50 bits per heavy atom. The molecule has 3 atom stereocenters. The lowest BCUT2D eigenvalue weighted by atomic mass is 10.2. The Labute approximate surface area is 111 Å². The van der Waals surface area contributed by atoms with Gasteiger partial charge in [-0.15, -0.1) is 0 Å². The molecule has 0 radical (unpaired) electrons. The monoisotopic (exact) mass is 279 g/mol. The zero-order chi connectivity index (χ0) is 14.2. The number of anilines is 1. The van der Waals surface area contributed by atoms with Crippen molar-refractivity contribution in [1.82, 2.24) is 19.5 Å². The third-order valence-electron chi connectivity index (χ3n) is 3.80. The number of imidazole rings is 1. The van der Waals surface area contributed by atoms with Gasteiger partial charge in [-0.05, 0) is 6.92 Å². The van der Waals surface area contributed by atoms with Gasteiger partial charge in [0.15, 0.2) is 28.9 Å². The smallest absolute Gasteiger partial charge is 0.312 e. The average Bonchev–Trinajstić information content (AvgIpc) is 2.68. The van der Waals surface area contributed by atoms with Crippen LogP contribution >= 0.6 is 0 Å². The standard InChI is InChI=1S/C11H10FN5O3/c1-3-6(18)11(19)5(7(11)20-3)17-2-14-4-8(13)15-10(12)16-9(4)17/h2,5,7,18-19H,1H3,(H2,13,15,16)/t5-,7?,11?/m1/s1. The fraction of sp³-hybridized carbons (Fsp3) is 0.364. The van der Waals surface area contributed by atoms with Gasteiger partial charge in [0.05, 0.1) is 6.33 Å². The largest absolute Gasteiger partial charge is 0.506 e. The molecule has 0 aromatic carbocycles. The van der Waals surface area contributed by atoms with Gasteiger partial charge >= 0.3 is 6.08 Å². The number of halogens is 1. The number of aliphatic hydroxyl groups is 2. The van der Waals surface area contributed by atoms with Crippen molar-refractivity contribution in [2.75, 3.05) is 5.73 Å². The second-order valence-corrected chi connectivity index (χ2v) is 4.92. The summed E-state index contributed by atoms with van der Waals surface area (Å²) in [6.45, 7) is 1.56. The normalized spacial score (nSPS) is 31.6. The maximum absolute atomic E-state index is 13.3. The molecule has 1 saturated carbocycles. The minimum absolute atomic E-state index is 0.0825. The van der Waals surface area contributed by atoms with E-state index in [0.29, 0.717) is 0 Å². The summed E-state index contributed by atoms with van der Waals surface area (Å²) in [4.78, 5) is 11.0. The van der Waals surface area contributed by atoms with Crippen molar-refractivity contribution in [1.29, 1.82) is 0 Å². The third-order valence-corrected chi connectivity index (χ3v) is 3.80. The molecule has 2 aromatic heterocycles. The van der Waals surface area contributed by atoms with Crippen LogP contribution in [0.25, 0.3) is 11.2 Å². The highest BCUT2D eigenvalue weighted by molar-refractivity contribution is 5.81. The van der Waals surface area contributed by atoms with E-state index >= 15 is 0 Å². The first-order chi connectivity index (χ1) is 9.44. The van der Waals surface area contributed by atoms with E-state index in [2.05, 4.69) is 15.0 Å². The predicted octanol–water partition coefficient (Wildman–Crippen LogP) is 0.0217. The zero-order valence-electron chi connectivity index (χ0n) is 10.3. The van der Waals surface area contributed by atoms with E-state index < -0.39 is 23.8 Å². The molecule has 8 nitrogen and oxygen atoms in total. The van der Waals surface area contributed by atoms with Crippen LogP contribution in [0.4, 0.5) is 10.2 Å². The van der Waals surface area contributed by atoms with Crippen LogP contribution in [0.3, 0.4) is 0 Å². The van der Waals surface area contributed by atoms with Gasteiger partial charge in [0.1, 0.15) is 17.3 Å². The number of nitrogen functional groups attached to an aromatic ring is 1. The second kappa shape index (κ2) is 3.18. The number of nitrogens with zero attached hydrogens (tertiary/aromatic N) is 4. The van der Waals surface area contributed by atoms with Crippen molar-refractivity contribution in [2.45, 2.75) is 24.7 Å². The molecule has 0 saturated heterocycles. The molecule has 1 aliphatic heterocycles. The van der Waals surface area contributed by atoms with Crippen LogP contribution in [-0.4, -0.2) is 41.4 Å². The number of hydrogen-bond acceptors (Lipinski definition) is 7. The van der Waals surface area contributed by atoms with Crippen molar-refractivity contribution in [3.05, 3.63) is 23.9 Å². The second-order valence-electron chi connectivity index (χ2n) is 4.92. The van der Waals surface area contributed by atoms with Crippen LogP contribution in [0.15, 0.2) is 17.8 Å². The van der Waals surface area contributed by atoms with Crippen molar-refractivity contribution >= 4 is 17.0 Å². The number of aliphatic hydroxyl groups excluding tert-OH is 1. The number of aromatic nitrogens is 4. The number of allylic oxidation sites excluding steroid dienone is 1. The summed E-state index contributed by atoms with van der Waals surface area (Å²) >= 11 is 0. The maximum atomic E-state index is 13.3. The first kappa shape index (κ1) is 11.4. The summed E-state index contributed by atoms with van der Waals surface area (Å²) in [5.41, 5.74) is 4.44. The summed E-state index contributed by atoms with van der Waals surface area (Å²) in [6, 6.07) is -0.620. The van der Waals surface area contributed by atoms with E-state index in [1.807, 2.05) is 0 Å². The topological polar surface area (TPSA) is 119 Å². The Kier molecular flexibility index (Phi) is 1.81. The van der Waals surface area contributed by atoms with Gasteiger partial charge < -0.3 is 25.3 Å². The number of hydrogen-bond donors (Lipinski definition) is 3. The molecule has 3 heterocycles. The van der Waals surface area contributed by atoms with E-state index in [0.717, 1.165) is 0 Å². The van der Waals surface area contributed by atoms with Crippen LogP contribution in [0, 0.1) is 6.08 Å². The first-order valence-corrected chi connectivity index (χ1v) is 5.89. The predicted molar refractivity (Wildman–Crippen MR) is 63.9 cm³/mol. The van der Waals surface area contributed by atoms with Gasteiger partial charge in [0, 0.05) is 0 Å². The zero-order valence-corrected chi connectivity index (χ0v) is 10.3. The van der Waals surface area contributed by atoms with E-state index in [9.17, 15) is 14.6 Å². The van der Waals surface area contributed by atoms with Gasteiger partial charge in [-0.3, -0.25) is 0 Å². The van der Waals surface area contributed by atoms with E-state index in [4.69, 9.17) is 10.5 Å². The summed E-state index contributed by atoms with van der Waals surface area (Å²) < 4.78 is 20.1. The highest BCUT2D eigenvalue weighted by Gasteiger charge is 2.75. The molecule has 0 spiro atoms. The Morgan fingerprint density at radius 2 is 2.25 bits per heavy atom. The SMILES string of the molecule is CC1=C(O)C2(O)C(O1)[C@H]2n1cnc2c(N)nc(F)nc21. The Bertz CT molecular complexity index is 788.